The predicted molar refractivity (Wildman–Crippen MR) is 121 cm³/mol. The van der Waals surface area contributed by atoms with Gasteiger partial charge in [-0.3, -0.25) is 15.2 Å². The fraction of sp³-hybridized carbons (Fsp3) is 0.476. The first-order chi connectivity index (χ1) is 14.4. The maximum absolute atomic E-state index is 8.66. The van der Waals surface area contributed by atoms with Crippen LogP contribution in [0.3, 0.4) is 0 Å². The number of hydrogen-bond donors (Lipinski definition) is 1. The van der Waals surface area contributed by atoms with Gasteiger partial charge in [-0.1, -0.05) is 30.1 Å². The van der Waals surface area contributed by atoms with Crippen molar-refractivity contribution in [2.45, 2.75) is 32.8 Å². The molecule has 1 aromatic carbocycles. The number of rotatable bonds is 5. The lowest BCUT2D eigenvalue weighted by Gasteiger charge is -2.31. The maximum atomic E-state index is 8.66. The number of benzene rings is 1. The quantitative estimate of drug-likeness (QED) is 0.738. The lowest BCUT2D eigenvalue weighted by Crippen LogP contribution is -2.41. The molecule has 160 valence electrons. The van der Waals surface area contributed by atoms with Crippen LogP contribution in [-0.4, -0.2) is 59.7 Å². The SMILES string of the molecule is CCN1CCCC(Oc2cc(C)nc(N3CCN(c4ccc(Cl)c(Cl)c4)C3=N)n2)C1. The van der Waals surface area contributed by atoms with E-state index in [0.29, 0.717) is 40.9 Å². The summed E-state index contributed by atoms with van der Waals surface area (Å²) in [5, 5.41) is 9.62. The van der Waals surface area contributed by atoms with Gasteiger partial charge in [0.2, 0.25) is 17.8 Å². The second-order valence-electron chi connectivity index (χ2n) is 7.65. The van der Waals surface area contributed by atoms with Gasteiger partial charge in [0.05, 0.1) is 10.0 Å². The number of hydrogen-bond acceptors (Lipinski definition) is 5. The minimum Gasteiger partial charge on any atom is -0.473 e. The number of aryl methyl sites for hydroxylation is 1. The first-order valence-electron chi connectivity index (χ1n) is 10.3. The lowest BCUT2D eigenvalue weighted by molar-refractivity contribution is 0.0882. The number of ether oxygens (including phenoxy) is 1. The number of halogens is 2. The van der Waals surface area contributed by atoms with Crippen molar-refractivity contribution >= 4 is 40.8 Å². The third-order valence-electron chi connectivity index (χ3n) is 5.53. The van der Waals surface area contributed by atoms with Crippen molar-refractivity contribution in [3.63, 3.8) is 0 Å². The highest BCUT2D eigenvalue weighted by Crippen LogP contribution is 2.30. The molecular weight excluding hydrogens is 423 g/mol. The number of nitrogens with one attached hydrogen (secondary N) is 1. The molecule has 7 nitrogen and oxygen atoms in total. The van der Waals surface area contributed by atoms with Gasteiger partial charge in [-0.15, -0.1) is 0 Å². The standard InChI is InChI=1S/C21H26Cl2N6O/c1-3-27-8-4-5-16(13-27)30-19-11-14(2)25-21(26-19)29-10-9-28(20(29)24)15-6-7-17(22)18(23)12-15/h6-7,11-12,16,24H,3-5,8-10,13H2,1-2H3. The number of likely N-dealkylation sites (tertiary alicyclic amines) is 1. The Kier molecular flexibility index (Phi) is 6.32. The fourth-order valence-corrected chi connectivity index (χ4v) is 4.22. The maximum Gasteiger partial charge on any atom is 0.235 e. The summed E-state index contributed by atoms with van der Waals surface area (Å²) in [6.07, 6.45) is 2.29. The highest BCUT2D eigenvalue weighted by atomic mass is 35.5. The van der Waals surface area contributed by atoms with E-state index in [2.05, 4.69) is 21.8 Å². The Morgan fingerprint density at radius 2 is 1.90 bits per heavy atom. The minimum atomic E-state index is 0.131. The van der Waals surface area contributed by atoms with Crippen LogP contribution in [0, 0.1) is 12.3 Å². The van der Waals surface area contributed by atoms with E-state index in [4.69, 9.17) is 33.3 Å². The molecule has 1 unspecified atom stereocenters. The summed E-state index contributed by atoms with van der Waals surface area (Å²) >= 11 is 12.2. The van der Waals surface area contributed by atoms with Gasteiger partial charge in [0, 0.05) is 37.1 Å². The Hall–Kier alpha value is -2.09. The molecule has 1 N–H and O–H groups in total. The van der Waals surface area contributed by atoms with Gasteiger partial charge >= 0.3 is 0 Å². The normalized spacial score (nSPS) is 20.1. The van der Waals surface area contributed by atoms with Crippen LogP contribution in [0.4, 0.5) is 11.6 Å². The molecule has 0 saturated carbocycles. The highest BCUT2D eigenvalue weighted by molar-refractivity contribution is 6.42. The molecule has 2 saturated heterocycles. The first-order valence-corrected chi connectivity index (χ1v) is 11.0. The van der Waals surface area contributed by atoms with Crippen molar-refractivity contribution in [1.29, 1.82) is 5.41 Å². The van der Waals surface area contributed by atoms with Crippen LogP contribution in [0.5, 0.6) is 5.88 Å². The van der Waals surface area contributed by atoms with Crippen LogP contribution in [0.15, 0.2) is 24.3 Å². The van der Waals surface area contributed by atoms with Crippen molar-refractivity contribution in [3.05, 3.63) is 40.0 Å². The number of anilines is 2. The van der Waals surface area contributed by atoms with Crippen LogP contribution in [0.1, 0.15) is 25.5 Å². The Bertz CT molecular complexity index is 940. The van der Waals surface area contributed by atoms with Gasteiger partial charge < -0.3 is 9.64 Å². The molecule has 2 aliphatic rings. The fourth-order valence-electron chi connectivity index (χ4n) is 3.93. The molecule has 3 heterocycles. The number of aromatic nitrogens is 2. The van der Waals surface area contributed by atoms with E-state index in [1.807, 2.05) is 24.0 Å². The molecule has 1 aromatic heterocycles. The second kappa shape index (κ2) is 8.96. The molecule has 4 rings (SSSR count). The second-order valence-corrected chi connectivity index (χ2v) is 8.46. The van der Waals surface area contributed by atoms with Gasteiger partial charge in [0.25, 0.3) is 0 Å². The van der Waals surface area contributed by atoms with Gasteiger partial charge in [-0.25, -0.2) is 4.98 Å². The van der Waals surface area contributed by atoms with E-state index in [-0.39, 0.29) is 6.10 Å². The molecule has 0 radical (unpaired) electrons. The summed E-state index contributed by atoms with van der Waals surface area (Å²) in [5.41, 5.74) is 1.64. The van der Waals surface area contributed by atoms with Gasteiger partial charge in [-0.05, 0) is 51.1 Å². The summed E-state index contributed by atoms with van der Waals surface area (Å²) in [4.78, 5) is 15.3. The van der Waals surface area contributed by atoms with Crippen molar-refractivity contribution in [3.8, 4) is 5.88 Å². The smallest absolute Gasteiger partial charge is 0.235 e. The zero-order valence-corrected chi connectivity index (χ0v) is 18.7. The molecule has 2 aliphatic heterocycles. The van der Waals surface area contributed by atoms with E-state index in [1.54, 1.807) is 17.0 Å². The van der Waals surface area contributed by atoms with Crippen LogP contribution in [0.25, 0.3) is 0 Å². The van der Waals surface area contributed by atoms with E-state index >= 15 is 0 Å². The predicted octanol–water partition coefficient (Wildman–Crippen LogP) is 4.22. The summed E-state index contributed by atoms with van der Waals surface area (Å²) in [6, 6.07) is 7.25. The number of guanidine groups is 1. The van der Waals surface area contributed by atoms with Gasteiger partial charge in [0.15, 0.2) is 0 Å². The van der Waals surface area contributed by atoms with Crippen molar-refractivity contribution in [1.82, 2.24) is 14.9 Å². The number of piperidine rings is 1. The molecule has 9 heteroatoms. The van der Waals surface area contributed by atoms with Crippen molar-refractivity contribution < 1.29 is 4.74 Å². The zero-order chi connectivity index (χ0) is 21.3. The lowest BCUT2D eigenvalue weighted by atomic mass is 10.1. The van der Waals surface area contributed by atoms with Crippen molar-refractivity contribution in [2.75, 3.05) is 42.5 Å². The Balaban J connectivity index is 1.51. The molecular formula is C21H26Cl2N6O. The summed E-state index contributed by atoms with van der Waals surface area (Å²) in [7, 11) is 0. The van der Waals surface area contributed by atoms with Crippen LogP contribution >= 0.6 is 23.2 Å². The summed E-state index contributed by atoms with van der Waals surface area (Å²) in [5.74, 6) is 1.36. The zero-order valence-electron chi connectivity index (χ0n) is 17.2. The number of nitrogens with zero attached hydrogens (tertiary/aromatic N) is 5. The molecule has 30 heavy (non-hydrogen) atoms. The van der Waals surface area contributed by atoms with Crippen LogP contribution in [0.2, 0.25) is 10.0 Å². The molecule has 1 atom stereocenters. The Morgan fingerprint density at radius 3 is 2.67 bits per heavy atom. The first kappa shape index (κ1) is 21.2. The van der Waals surface area contributed by atoms with Crippen molar-refractivity contribution in [2.24, 2.45) is 0 Å². The van der Waals surface area contributed by atoms with E-state index in [9.17, 15) is 0 Å². The summed E-state index contributed by atoms with van der Waals surface area (Å²) < 4.78 is 6.21. The topological polar surface area (TPSA) is 68.6 Å². The van der Waals surface area contributed by atoms with Gasteiger partial charge in [-0.2, -0.15) is 4.98 Å². The number of likely N-dealkylation sites (N-methyl/N-ethyl adjacent to an activating group) is 1. The highest BCUT2D eigenvalue weighted by Gasteiger charge is 2.30. The largest absolute Gasteiger partial charge is 0.473 e. The Morgan fingerprint density at radius 1 is 1.10 bits per heavy atom. The summed E-state index contributed by atoms with van der Waals surface area (Å²) in [6.45, 7) is 8.41. The molecule has 0 spiro atoms. The van der Waals surface area contributed by atoms with Gasteiger partial charge in [0.1, 0.15) is 6.10 Å². The molecule has 0 bridgehead atoms. The van der Waals surface area contributed by atoms with E-state index < -0.39 is 0 Å². The molecule has 0 aliphatic carbocycles. The third-order valence-corrected chi connectivity index (χ3v) is 6.27. The molecule has 2 aromatic rings. The minimum absolute atomic E-state index is 0.131. The third kappa shape index (κ3) is 4.48. The average Bonchev–Trinajstić information content (AvgIpc) is 3.11. The van der Waals surface area contributed by atoms with E-state index in [0.717, 1.165) is 43.9 Å². The van der Waals surface area contributed by atoms with E-state index in [1.165, 1.54) is 0 Å². The molecule has 2 fully saturated rings. The Labute approximate surface area is 187 Å². The van der Waals surface area contributed by atoms with Crippen LogP contribution < -0.4 is 14.5 Å². The van der Waals surface area contributed by atoms with Crippen LogP contribution in [-0.2, 0) is 0 Å². The monoisotopic (exact) mass is 448 g/mol. The molecule has 0 amide bonds. The average molecular weight is 449 g/mol.